The summed E-state index contributed by atoms with van der Waals surface area (Å²) in [5, 5.41) is 10.5. The highest BCUT2D eigenvalue weighted by Gasteiger charge is 2.40. The van der Waals surface area contributed by atoms with Gasteiger partial charge in [-0.3, -0.25) is 9.53 Å². The summed E-state index contributed by atoms with van der Waals surface area (Å²) in [5.74, 6) is 0.574. The van der Waals surface area contributed by atoms with Crippen LogP contribution < -0.4 is 5.32 Å². The van der Waals surface area contributed by atoms with Crippen LogP contribution in [0, 0.1) is 5.92 Å². The molecule has 0 aliphatic heterocycles. The van der Waals surface area contributed by atoms with E-state index in [4.69, 9.17) is 9.15 Å². The maximum absolute atomic E-state index is 12.6. The summed E-state index contributed by atoms with van der Waals surface area (Å²) in [6.07, 6.45) is -6.29. The normalized spacial score (nSPS) is 24.8. The van der Waals surface area contributed by atoms with Crippen LogP contribution >= 0.6 is 0 Å². The number of halogens is 6. The van der Waals surface area contributed by atoms with Crippen molar-refractivity contribution in [2.75, 3.05) is 5.32 Å². The van der Waals surface area contributed by atoms with Crippen LogP contribution in [0.25, 0.3) is 0 Å². The molecule has 2 heterocycles. The van der Waals surface area contributed by atoms with Gasteiger partial charge in [0.05, 0.1) is 17.8 Å². The molecule has 4 rings (SSSR count). The van der Waals surface area contributed by atoms with Crippen LogP contribution in [0.4, 0.5) is 32.2 Å². The molecule has 0 aromatic carbocycles. The van der Waals surface area contributed by atoms with Crippen LogP contribution in [0.1, 0.15) is 68.2 Å². The second kappa shape index (κ2) is 10.7. The van der Waals surface area contributed by atoms with Gasteiger partial charge in [-0.2, -0.15) is 13.2 Å². The largest absolute Gasteiger partial charge is 0.522 e. The molecule has 2 aromatic rings. The summed E-state index contributed by atoms with van der Waals surface area (Å²) in [7, 11) is 0. The lowest BCUT2D eigenvalue weighted by molar-refractivity contribution is -0.357. The van der Waals surface area contributed by atoms with Crippen molar-refractivity contribution in [3.05, 3.63) is 35.7 Å². The number of anilines is 1. The molecule has 2 saturated carbocycles. The van der Waals surface area contributed by atoms with Crippen molar-refractivity contribution in [3.63, 3.8) is 0 Å². The van der Waals surface area contributed by atoms with Crippen LogP contribution in [0.2, 0.25) is 0 Å². The van der Waals surface area contributed by atoms with E-state index in [-0.39, 0.29) is 61.4 Å². The standard InChI is InChI=1S/C22H24F6N4O4/c23-21(24,25)14-5-6-17(29-10-14)30-18(33)7-12-1-3-13(4-2-12)20-32-31-19(35-20)11-34-15-8-16(9-15)36-22(26,27)28/h5-6,10,12-13,15-16H,1-4,7-9,11H2,(H,29,30,33). The smallest absolute Gasteiger partial charge is 0.422 e. The zero-order chi connectivity index (χ0) is 25.9. The number of amides is 1. The highest BCUT2D eigenvalue weighted by Crippen LogP contribution is 2.37. The van der Waals surface area contributed by atoms with E-state index in [0.717, 1.165) is 37.8 Å². The van der Waals surface area contributed by atoms with E-state index < -0.39 is 24.2 Å². The quantitative estimate of drug-likeness (QED) is 0.466. The van der Waals surface area contributed by atoms with Crippen molar-refractivity contribution >= 4 is 11.7 Å². The second-order valence-corrected chi connectivity index (χ2v) is 9.02. The van der Waals surface area contributed by atoms with E-state index in [0.29, 0.717) is 12.1 Å². The molecular weight excluding hydrogens is 498 g/mol. The summed E-state index contributed by atoms with van der Waals surface area (Å²) >= 11 is 0. The number of rotatable bonds is 8. The Hall–Kier alpha value is -2.74. The van der Waals surface area contributed by atoms with Gasteiger partial charge in [-0.05, 0) is 43.7 Å². The average Bonchev–Trinajstić information content (AvgIpc) is 3.23. The zero-order valence-electron chi connectivity index (χ0n) is 18.9. The van der Waals surface area contributed by atoms with Gasteiger partial charge in [0.25, 0.3) is 0 Å². The van der Waals surface area contributed by atoms with E-state index in [1.165, 1.54) is 0 Å². The minimum absolute atomic E-state index is 0.00388. The van der Waals surface area contributed by atoms with Gasteiger partial charge in [0.15, 0.2) is 0 Å². The number of aromatic nitrogens is 3. The Morgan fingerprint density at radius 1 is 1.03 bits per heavy atom. The number of alkyl halides is 6. The summed E-state index contributed by atoms with van der Waals surface area (Å²) in [6.45, 7) is 0.00388. The molecule has 14 heteroatoms. The third-order valence-corrected chi connectivity index (χ3v) is 6.31. The number of ether oxygens (including phenoxy) is 2. The summed E-state index contributed by atoms with van der Waals surface area (Å²) in [6, 6.07) is 1.98. The summed E-state index contributed by atoms with van der Waals surface area (Å²) < 4.78 is 89.4. The highest BCUT2D eigenvalue weighted by atomic mass is 19.4. The van der Waals surface area contributed by atoms with Crippen LogP contribution in [0.3, 0.4) is 0 Å². The van der Waals surface area contributed by atoms with E-state index in [2.05, 4.69) is 25.2 Å². The molecule has 198 valence electrons. The fourth-order valence-electron chi connectivity index (χ4n) is 4.32. The Morgan fingerprint density at radius 3 is 2.36 bits per heavy atom. The van der Waals surface area contributed by atoms with Gasteiger partial charge in [0.2, 0.25) is 17.7 Å². The third-order valence-electron chi connectivity index (χ3n) is 6.31. The molecule has 0 bridgehead atoms. The maximum atomic E-state index is 12.6. The molecular formula is C22H24F6N4O4. The van der Waals surface area contributed by atoms with E-state index in [1.807, 2.05) is 0 Å². The first-order chi connectivity index (χ1) is 16.9. The van der Waals surface area contributed by atoms with Gasteiger partial charge in [0, 0.05) is 31.4 Å². The molecule has 36 heavy (non-hydrogen) atoms. The predicted octanol–water partition coefficient (Wildman–Crippen LogP) is 5.37. The SMILES string of the molecule is O=C(CC1CCC(c2nnc(COC3CC(OC(F)(F)F)C3)o2)CC1)Nc1ccc(C(F)(F)F)cn1. The monoisotopic (exact) mass is 522 g/mol. The molecule has 2 fully saturated rings. The zero-order valence-corrected chi connectivity index (χ0v) is 18.9. The lowest BCUT2D eigenvalue weighted by atomic mass is 9.80. The van der Waals surface area contributed by atoms with Crippen molar-refractivity contribution in [2.45, 2.75) is 82.2 Å². The summed E-state index contributed by atoms with van der Waals surface area (Å²) in [4.78, 5) is 15.9. The highest BCUT2D eigenvalue weighted by molar-refractivity contribution is 5.89. The molecule has 0 radical (unpaired) electrons. The fraction of sp³-hybridized carbons (Fsp3) is 0.636. The third kappa shape index (κ3) is 7.38. The molecule has 0 unspecified atom stereocenters. The average molecular weight is 522 g/mol. The molecule has 1 amide bonds. The number of hydrogen-bond acceptors (Lipinski definition) is 7. The molecule has 2 aromatic heterocycles. The van der Waals surface area contributed by atoms with Crippen molar-refractivity contribution in [1.82, 2.24) is 15.2 Å². The van der Waals surface area contributed by atoms with Crippen molar-refractivity contribution in [2.24, 2.45) is 5.92 Å². The number of carbonyl (C=O) groups excluding carboxylic acids is 1. The first-order valence-electron chi connectivity index (χ1n) is 11.5. The van der Waals surface area contributed by atoms with E-state index >= 15 is 0 Å². The van der Waals surface area contributed by atoms with Gasteiger partial charge >= 0.3 is 12.5 Å². The number of hydrogen-bond donors (Lipinski definition) is 1. The molecule has 2 aliphatic carbocycles. The van der Waals surface area contributed by atoms with Crippen LogP contribution in [0.5, 0.6) is 0 Å². The molecule has 1 N–H and O–H groups in total. The van der Waals surface area contributed by atoms with Crippen LogP contribution in [-0.2, 0) is 27.1 Å². The van der Waals surface area contributed by atoms with Crippen molar-refractivity contribution in [1.29, 1.82) is 0 Å². The Balaban J connectivity index is 1.15. The second-order valence-electron chi connectivity index (χ2n) is 9.02. The van der Waals surface area contributed by atoms with Crippen LogP contribution in [-0.4, -0.2) is 39.7 Å². The topological polar surface area (TPSA) is 99.4 Å². The number of nitrogens with one attached hydrogen (secondary N) is 1. The maximum Gasteiger partial charge on any atom is 0.522 e. The Morgan fingerprint density at radius 2 is 1.75 bits per heavy atom. The van der Waals surface area contributed by atoms with Gasteiger partial charge < -0.3 is 14.5 Å². The minimum atomic E-state index is -4.65. The Bertz CT molecular complexity index is 1010. The predicted molar refractivity (Wildman–Crippen MR) is 110 cm³/mol. The number of carbonyl (C=O) groups is 1. The van der Waals surface area contributed by atoms with Crippen molar-refractivity contribution in [3.8, 4) is 0 Å². The Kier molecular flexibility index (Phi) is 7.83. The van der Waals surface area contributed by atoms with Gasteiger partial charge in [-0.15, -0.1) is 23.4 Å². The van der Waals surface area contributed by atoms with Gasteiger partial charge in [0.1, 0.15) is 12.4 Å². The van der Waals surface area contributed by atoms with Crippen LogP contribution in [0.15, 0.2) is 22.7 Å². The molecule has 8 nitrogen and oxygen atoms in total. The first-order valence-corrected chi connectivity index (χ1v) is 11.5. The Labute approximate surface area is 201 Å². The minimum Gasteiger partial charge on any atom is -0.422 e. The molecule has 2 aliphatic rings. The molecule has 0 saturated heterocycles. The van der Waals surface area contributed by atoms with E-state index in [9.17, 15) is 31.1 Å². The fourth-order valence-corrected chi connectivity index (χ4v) is 4.32. The lowest BCUT2D eigenvalue weighted by Gasteiger charge is -2.34. The first kappa shape index (κ1) is 26.3. The number of nitrogens with zero attached hydrogens (tertiary/aromatic N) is 3. The van der Waals surface area contributed by atoms with Gasteiger partial charge in [-0.25, -0.2) is 4.98 Å². The van der Waals surface area contributed by atoms with Crippen molar-refractivity contribution < 1.29 is 45.0 Å². The van der Waals surface area contributed by atoms with Gasteiger partial charge in [-0.1, -0.05) is 0 Å². The summed E-state index contributed by atoms with van der Waals surface area (Å²) in [5.41, 5.74) is -0.887. The lowest BCUT2D eigenvalue weighted by Crippen LogP contribution is -2.40. The number of pyridine rings is 1. The molecule has 0 atom stereocenters. The molecule has 0 spiro atoms. The van der Waals surface area contributed by atoms with E-state index in [1.54, 1.807) is 0 Å².